The summed E-state index contributed by atoms with van der Waals surface area (Å²) in [4.78, 5) is 40.9. The number of nitrogens with zero attached hydrogens (tertiary/aromatic N) is 2. The Morgan fingerprint density at radius 3 is 2.64 bits per heavy atom. The van der Waals surface area contributed by atoms with Crippen LogP contribution in [0, 0.1) is 5.92 Å². The molecule has 2 fully saturated rings. The highest BCUT2D eigenvalue weighted by Gasteiger charge is 2.45. The zero-order valence-corrected chi connectivity index (χ0v) is 15.9. The Kier molecular flexibility index (Phi) is 4.66. The third-order valence-electron chi connectivity index (χ3n) is 5.40. The van der Waals surface area contributed by atoms with Gasteiger partial charge in [0.25, 0.3) is 0 Å². The molecule has 1 N–H and O–H groups in total. The minimum Gasteiger partial charge on any atom is -0.410 e. The highest BCUT2D eigenvalue weighted by molar-refractivity contribution is 5.98. The average Bonchev–Trinajstić information content (AvgIpc) is 2.70. The highest BCUT2D eigenvalue weighted by atomic mass is 16.6. The van der Waals surface area contributed by atoms with Gasteiger partial charge in [-0.1, -0.05) is 50.2 Å². The van der Waals surface area contributed by atoms with Gasteiger partial charge in [0, 0.05) is 18.5 Å². The lowest BCUT2D eigenvalue weighted by Gasteiger charge is -2.45. The van der Waals surface area contributed by atoms with Crippen molar-refractivity contribution < 1.29 is 19.1 Å². The van der Waals surface area contributed by atoms with Gasteiger partial charge in [-0.25, -0.2) is 4.79 Å². The molecule has 0 unspecified atom stereocenters. The van der Waals surface area contributed by atoms with Crippen molar-refractivity contribution in [2.75, 3.05) is 19.6 Å². The first-order valence-corrected chi connectivity index (χ1v) is 9.51. The Hall–Kier alpha value is -3.09. The third kappa shape index (κ3) is 3.17. The first-order chi connectivity index (χ1) is 13.5. The van der Waals surface area contributed by atoms with Gasteiger partial charge in [0.2, 0.25) is 11.8 Å². The molecule has 3 amide bonds. The fraction of sp³-hybridized carbons (Fsp3) is 0.381. The van der Waals surface area contributed by atoms with E-state index >= 15 is 0 Å². The number of benzene rings is 2. The molecule has 7 heteroatoms. The summed E-state index contributed by atoms with van der Waals surface area (Å²) in [5, 5.41) is 4.62. The van der Waals surface area contributed by atoms with Gasteiger partial charge >= 0.3 is 6.09 Å². The van der Waals surface area contributed by atoms with E-state index in [0.717, 1.165) is 10.8 Å². The Morgan fingerprint density at radius 2 is 1.86 bits per heavy atom. The molecule has 2 heterocycles. The lowest BCUT2D eigenvalue weighted by molar-refractivity contribution is -0.153. The van der Waals surface area contributed by atoms with Gasteiger partial charge in [0.1, 0.15) is 17.8 Å². The Bertz CT molecular complexity index is 937. The molecule has 2 aromatic carbocycles. The number of rotatable bonds is 2. The van der Waals surface area contributed by atoms with E-state index in [-0.39, 0.29) is 24.3 Å². The van der Waals surface area contributed by atoms with E-state index in [4.69, 9.17) is 4.74 Å². The largest absolute Gasteiger partial charge is 0.415 e. The van der Waals surface area contributed by atoms with Crippen molar-refractivity contribution in [2.45, 2.75) is 25.9 Å². The number of nitrogens with one attached hydrogen (secondary N) is 1. The van der Waals surface area contributed by atoms with Gasteiger partial charge in [0.05, 0.1) is 6.54 Å². The molecule has 146 valence electrons. The maximum atomic E-state index is 12.7. The van der Waals surface area contributed by atoms with Crippen LogP contribution >= 0.6 is 0 Å². The number of hydrogen-bond acceptors (Lipinski definition) is 4. The lowest BCUT2D eigenvalue weighted by atomic mass is 9.96. The van der Waals surface area contributed by atoms with E-state index in [1.54, 1.807) is 11.0 Å². The first-order valence-electron chi connectivity index (χ1n) is 9.51. The van der Waals surface area contributed by atoms with E-state index in [1.807, 2.05) is 50.2 Å². The van der Waals surface area contributed by atoms with Gasteiger partial charge < -0.3 is 19.9 Å². The molecule has 0 radical (unpaired) electrons. The van der Waals surface area contributed by atoms with Crippen LogP contribution in [0.4, 0.5) is 4.79 Å². The maximum Gasteiger partial charge on any atom is 0.415 e. The SMILES string of the molecule is CC(C)[C@H]1NC(=O)[C@H]2CN(C(=O)Oc3cccc4ccccc34)CCN2C1=O. The minimum absolute atomic E-state index is 0.0201. The zero-order chi connectivity index (χ0) is 19.8. The molecule has 0 saturated carbocycles. The van der Waals surface area contributed by atoms with E-state index in [1.165, 1.54) is 4.90 Å². The molecule has 0 aromatic heterocycles. The van der Waals surface area contributed by atoms with Crippen LogP contribution in [0.15, 0.2) is 42.5 Å². The van der Waals surface area contributed by atoms with Crippen molar-refractivity contribution in [3.63, 3.8) is 0 Å². The average molecular weight is 381 g/mol. The number of amides is 3. The number of carbonyl (C=O) groups excluding carboxylic acids is 3. The van der Waals surface area contributed by atoms with Crippen LogP contribution in [-0.4, -0.2) is 59.4 Å². The summed E-state index contributed by atoms with van der Waals surface area (Å²) in [5.74, 6) is 0.198. The molecular weight excluding hydrogens is 358 g/mol. The summed E-state index contributed by atoms with van der Waals surface area (Å²) in [6.45, 7) is 4.60. The van der Waals surface area contributed by atoms with Gasteiger partial charge in [0.15, 0.2) is 0 Å². The van der Waals surface area contributed by atoms with Gasteiger partial charge in [-0.05, 0) is 17.4 Å². The molecule has 2 aliphatic rings. The van der Waals surface area contributed by atoms with Crippen LogP contribution in [0.1, 0.15) is 13.8 Å². The standard InChI is InChI=1S/C21H23N3O4/c1-13(2)18-20(26)24-11-10-23(12-16(24)19(25)22-18)21(27)28-17-9-5-7-14-6-3-4-8-15(14)17/h3-9,13,16,18H,10-12H2,1-2H3,(H,22,25)/t16-,18-/m1/s1. The summed E-state index contributed by atoms with van der Waals surface area (Å²) in [7, 11) is 0. The molecule has 2 aromatic rings. The van der Waals surface area contributed by atoms with Crippen LogP contribution in [0.2, 0.25) is 0 Å². The van der Waals surface area contributed by atoms with Crippen molar-refractivity contribution in [3.8, 4) is 5.75 Å². The molecule has 2 aliphatic heterocycles. The molecular formula is C21H23N3O4. The van der Waals surface area contributed by atoms with E-state index < -0.39 is 18.2 Å². The van der Waals surface area contributed by atoms with Crippen LogP contribution in [0.5, 0.6) is 5.75 Å². The van der Waals surface area contributed by atoms with Crippen molar-refractivity contribution in [1.82, 2.24) is 15.1 Å². The Morgan fingerprint density at radius 1 is 1.11 bits per heavy atom. The predicted octanol–water partition coefficient (Wildman–Crippen LogP) is 2.01. The van der Waals surface area contributed by atoms with Crippen molar-refractivity contribution >= 4 is 28.7 Å². The maximum absolute atomic E-state index is 12.7. The second-order valence-corrected chi connectivity index (χ2v) is 7.57. The molecule has 4 rings (SSSR count). The minimum atomic E-state index is -0.670. The van der Waals surface area contributed by atoms with Crippen molar-refractivity contribution in [1.29, 1.82) is 0 Å². The fourth-order valence-corrected chi connectivity index (χ4v) is 3.82. The summed E-state index contributed by atoms with van der Waals surface area (Å²) in [5.41, 5.74) is 0. The van der Waals surface area contributed by atoms with Gasteiger partial charge in [-0.15, -0.1) is 0 Å². The van der Waals surface area contributed by atoms with Crippen molar-refractivity contribution in [2.24, 2.45) is 5.92 Å². The number of hydrogen-bond donors (Lipinski definition) is 1. The van der Waals surface area contributed by atoms with E-state index in [2.05, 4.69) is 5.32 Å². The van der Waals surface area contributed by atoms with E-state index in [9.17, 15) is 14.4 Å². The summed E-state index contributed by atoms with van der Waals surface area (Å²) < 4.78 is 5.62. The Balaban J connectivity index is 1.49. The Labute approximate surface area is 163 Å². The molecule has 0 spiro atoms. The summed E-state index contributed by atoms with van der Waals surface area (Å²) >= 11 is 0. The molecule has 0 aliphatic carbocycles. The second-order valence-electron chi connectivity index (χ2n) is 7.57. The third-order valence-corrected chi connectivity index (χ3v) is 5.40. The fourth-order valence-electron chi connectivity index (χ4n) is 3.82. The van der Waals surface area contributed by atoms with Crippen LogP contribution < -0.4 is 10.1 Å². The smallest absolute Gasteiger partial charge is 0.410 e. The normalized spacial score (nSPS) is 22.2. The van der Waals surface area contributed by atoms with E-state index in [0.29, 0.717) is 18.8 Å². The molecule has 7 nitrogen and oxygen atoms in total. The number of carbonyl (C=O) groups is 3. The number of ether oxygens (including phenoxy) is 1. The molecule has 28 heavy (non-hydrogen) atoms. The second kappa shape index (κ2) is 7.14. The summed E-state index contributed by atoms with van der Waals surface area (Å²) in [6, 6.07) is 12.0. The van der Waals surface area contributed by atoms with Crippen molar-refractivity contribution in [3.05, 3.63) is 42.5 Å². The zero-order valence-electron chi connectivity index (χ0n) is 15.9. The summed E-state index contributed by atoms with van der Waals surface area (Å²) in [6.07, 6.45) is -0.512. The van der Waals surface area contributed by atoms with Gasteiger partial charge in [-0.3, -0.25) is 9.59 Å². The molecule has 2 atom stereocenters. The highest BCUT2D eigenvalue weighted by Crippen LogP contribution is 2.26. The first kappa shape index (κ1) is 18.3. The molecule has 0 bridgehead atoms. The van der Waals surface area contributed by atoms with Crippen LogP contribution in [0.25, 0.3) is 10.8 Å². The quantitative estimate of drug-likeness (QED) is 0.863. The number of fused-ring (bicyclic) bond motifs is 2. The number of piperazine rings is 2. The predicted molar refractivity (Wildman–Crippen MR) is 104 cm³/mol. The van der Waals surface area contributed by atoms with Crippen LogP contribution in [0.3, 0.4) is 0 Å². The topological polar surface area (TPSA) is 79.0 Å². The van der Waals surface area contributed by atoms with Crippen LogP contribution in [-0.2, 0) is 9.59 Å². The lowest BCUT2D eigenvalue weighted by Crippen LogP contribution is -2.70. The van der Waals surface area contributed by atoms with Gasteiger partial charge in [-0.2, -0.15) is 0 Å². The molecule has 2 saturated heterocycles. The monoisotopic (exact) mass is 381 g/mol.